The molecule has 0 spiro atoms. The molecular weight excluding hydrogens is 752 g/mol. The number of anilines is 1. The molecule has 1 aromatic heterocycles. The number of piperidine rings is 1. The zero-order valence-corrected chi connectivity index (χ0v) is 31.0. The molecule has 1 amide bonds. The molecule has 286 valence electrons. The van der Waals surface area contributed by atoms with Crippen molar-refractivity contribution >= 4 is 46.1 Å². The van der Waals surface area contributed by atoms with E-state index in [0.29, 0.717) is 19.5 Å². The molecule has 1 aliphatic heterocycles. The van der Waals surface area contributed by atoms with Gasteiger partial charge in [-0.25, -0.2) is 13.8 Å². The second-order valence-corrected chi connectivity index (χ2v) is 14.0. The number of carbonyl (C=O) groups is 1. The van der Waals surface area contributed by atoms with Crippen LogP contribution in [0.5, 0.6) is 11.5 Å². The van der Waals surface area contributed by atoms with Gasteiger partial charge in [0.15, 0.2) is 0 Å². The molecule has 1 fully saturated rings. The number of alkyl halides is 3. The molecule has 0 bridgehead atoms. The number of nitrogens with one attached hydrogen (secondary N) is 1. The fourth-order valence-corrected chi connectivity index (χ4v) is 7.10. The molecule has 54 heavy (non-hydrogen) atoms. The highest BCUT2D eigenvalue weighted by Gasteiger charge is 2.34. The summed E-state index contributed by atoms with van der Waals surface area (Å²) < 4.78 is 80.2. The minimum absolute atomic E-state index is 0.0344. The molecule has 5 aromatic rings. The number of likely N-dealkylation sites (tertiary alicyclic amines) is 1. The molecule has 0 saturated carbocycles. The topological polar surface area (TPSA) is 71.9 Å². The molecule has 1 N–H and O–H groups in total. The van der Waals surface area contributed by atoms with Crippen LogP contribution < -0.4 is 14.8 Å². The number of halogens is 7. The Bertz CT molecular complexity index is 2090. The van der Waals surface area contributed by atoms with Gasteiger partial charge >= 0.3 is 6.36 Å². The number of imidazole rings is 1. The molecule has 1 aliphatic rings. The van der Waals surface area contributed by atoms with E-state index in [9.17, 15) is 22.4 Å². The fraction of sp³-hybridized carbons (Fsp3) is 0.333. The van der Waals surface area contributed by atoms with Gasteiger partial charge in [-0.1, -0.05) is 53.5 Å². The Morgan fingerprint density at radius 1 is 1.02 bits per heavy atom. The van der Waals surface area contributed by atoms with Crippen LogP contribution in [-0.4, -0.2) is 78.0 Å². The summed E-state index contributed by atoms with van der Waals surface area (Å²) in [4.78, 5) is 22.0. The van der Waals surface area contributed by atoms with Gasteiger partial charge in [0.05, 0.1) is 40.3 Å². The normalized spacial score (nSPS) is 14.6. The number of benzene rings is 4. The number of ether oxygens (including phenoxy) is 2. The van der Waals surface area contributed by atoms with E-state index in [1.54, 1.807) is 12.1 Å². The first kappa shape index (κ1) is 39.1. The molecule has 1 saturated heterocycles. The Kier molecular flexibility index (Phi) is 12.2. The van der Waals surface area contributed by atoms with E-state index in [2.05, 4.69) is 19.5 Å². The van der Waals surface area contributed by atoms with Crippen molar-refractivity contribution in [1.82, 2.24) is 19.4 Å². The first-order valence-electron chi connectivity index (χ1n) is 17.3. The van der Waals surface area contributed by atoms with Crippen LogP contribution in [0.3, 0.4) is 0 Å². The van der Waals surface area contributed by atoms with E-state index >= 15 is 4.39 Å². The Balaban J connectivity index is 1.14. The van der Waals surface area contributed by atoms with E-state index < -0.39 is 29.8 Å². The van der Waals surface area contributed by atoms with Gasteiger partial charge in [-0.2, -0.15) is 0 Å². The van der Waals surface area contributed by atoms with Crippen LogP contribution in [0.2, 0.25) is 10.0 Å². The van der Waals surface area contributed by atoms with Gasteiger partial charge in [-0.15, -0.1) is 13.2 Å². The first-order chi connectivity index (χ1) is 25.8. The number of methoxy groups -OCH3 is 1. The van der Waals surface area contributed by atoms with Crippen LogP contribution in [0, 0.1) is 11.6 Å². The maximum atomic E-state index is 15.6. The molecule has 4 aromatic carbocycles. The maximum absolute atomic E-state index is 15.6. The van der Waals surface area contributed by atoms with E-state index in [1.807, 2.05) is 24.3 Å². The van der Waals surface area contributed by atoms with E-state index in [4.69, 9.17) is 32.9 Å². The molecule has 15 heteroatoms. The summed E-state index contributed by atoms with van der Waals surface area (Å²) in [6.45, 7) is 2.47. The number of nitrogens with zero attached hydrogens (tertiary/aromatic N) is 4. The third kappa shape index (κ3) is 9.37. The fourth-order valence-electron chi connectivity index (χ4n) is 6.78. The predicted molar refractivity (Wildman–Crippen MR) is 199 cm³/mol. The number of para-hydroxylation sites is 2. The van der Waals surface area contributed by atoms with Gasteiger partial charge in [0.25, 0.3) is 5.91 Å². The summed E-state index contributed by atoms with van der Waals surface area (Å²) in [6, 6.07) is 20.8. The van der Waals surface area contributed by atoms with Gasteiger partial charge < -0.3 is 29.2 Å². The summed E-state index contributed by atoms with van der Waals surface area (Å²) in [6.07, 6.45) is -3.04. The lowest BCUT2D eigenvalue weighted by Gasteiger charge is -2.34. The van der Waals surface area contributed by atoms with Crippen LogP contribution in [0.4, 0.5) is 27.9 Å². The molecule has 0 aliphatic carbocycles. The molecule has 0 radical (unpaired) electrons. The number of rotatable bonds is 13. The molecule has 1 atom stereocenters. The zero-order valence-electron chi connectivity index (χ0n) is 29.5. The lowest BCUT2D eigenvalue weighted by Crippen LogP contribution is -2.41. The SMILES string of the molecule is COc1ccc(OC(F)(F)F)c(C(=O)N(C)CC(CCN2CCC(Nc3nc4ccccc4n3Cc3ccc(F)cc3)CC2)c2ccc(Cl)c(Cl)c2F)c1. The monoisotopic (exact) mass is 789 g/mol. The van der Waals surface area contributed by atoms with Gasteiger partial charge in [0, 0.05) is 38.6 Å². The standard InChI is InChI=1S/C39H38Cl2F5N5O3/c1-49(37(52)30-21-28(53-2)11-14-34(30)54-39(44,45)46)23-25(29-12-13-31(40)35(41)36(29)43)15-18-50-19-16-27(17-20-50)47-38-48-32-5-3-4-6-33(32)51(38)22-24-7-9-26(42)10-8-24/h3-14,21,25,27H,15-20,22-23H2,1-2H3,(H,47,48). The van der Waals surface area contributed by atoms with Crippen LogP contribution in [0.1, 0.15) is 46.7 Å². The Hall–Kier alpha value is -4.59. The Morgan fingerprint density at radius 2 is 1.74 bits per heavy atom. The molecule has 2 heterocycles. The summed E-state index contributed by atoms with van der Waals surface area (Å²) >= 11 is 12.3. The Morgan fingerprint density at radius 3 is 2.44 bits per heavy atom. The average Bonchev–Trinajstić information content (AvgIpc) is 3.49. The van der Waals surface area contributed by atoms with Crippen molar-refractivity contribution in [3.05, 3.63) is 117 Å². The number of likely N-dealkylation sites (N-methyl/N-ethyl adjacent to an activating group) is 1. The van der Waals surface area contributed by atoms with Crippen molar-refractivity contribution in [3.63, 3.8) is 0 Å². The van der Waals surface area contributed by atoms with Gasteiger partial charge in [-0.3, -0.25) is 4.79 Å². The van der Waals surface area contributed by atoms with Crippen molar-refractivity contribution in [2.24, 2.45) is 0 Å². The third-order valence-corrected chi connectivity index (χ3v) is 10.4. The molecule has 1 unspecified atom stereocenters. The average molecular weight is 791 g/mol. The molecule has 8 nitrogen and oxygen atoms in total. The van der Waals surface area contributed by atoms with Crippen molar-refractivity contribution in [2.45, 2.75) is 44.1 Å². The number of hydrogen-bond acceptors (Lipinski definition) is 6. The maximum Gasteiger partial charge on any atom is 0.573 e. The smallest absolute Gasteiger partial charge is 0.497 e. The van der Waals surface area contributed by atoms with Crippen molar-refractivity contribution in [3.8, 4) is 11.5 Å². The summed E-state index contributed by atoms with van der Waals surface area (Å²) in [7, 11) is 2.76. The largest absolute Gasteiger partial charge is 0.573 e. The van der Waals surface area contributed by atoms with Crippen molar-refractivity contribution in [1.29, 1.82) is 0 Å². The van der Waals surface area contributed by atoms with Gasteiger partial charge in [-0.05, 0) is 85.5 Å². The van der Waals surface area contributed by atoms with Crippen LogP contribution >= 0.6 is 23.2 Å². The third-order valence-electron chi connectivity index (χ3n) is 9.61. The van der Waals surface area contributed by atoms with Crippen molar-refractivity contribution in [2.75, 3.05) is 45.7 Å². The number of fused-ring (bicyclic) bond motifs is 1. The van der Waals surface area contributed by atoms with Gasteiger partial charge in [0.1, 0.15) is 23.1 Å². The van der Waals surface area contributed by atoms with Crippen LogP contribution in [0.15, 0.2) is 78.9 Å². The van der Waals surface area contributed by atoms with Crippen molar-refractivity contribution < 1.29 is 36.2 Å². The number of hydrogen-bond donors (Lipinski definition) is 1. The highest BCUT2D eigenvalue weighted by Crippen LogP contribution is 2.35. The lowest BCUT2D eigenvalue weighted by molar-refractivity contribution is -0.274. The number of amides is 1. The second-order valence-electron chi connectivity index (χ2n) is 13.2. The van der Waals surface area contributed by atoms with Crippen LogP contribution in [-0.2, 0) is 6.54 Å². The molecular formula is C39H38Cl2F5N5O3. The number of carbonyl (C=O) groups excluding carboxylic acids is 1. The number of aromatic nitrogens is 2. The Labute approximate surface area is 319 Å². The molecule has 6 rings (SSSR count). The quantitative estimate of drug-likeness (QED) is 0.0948. The summed E-state index contributed by atoms with van der Waals surface area (Å²) in [5.41, 5.74) is 2.62. The minimum atomic E-state index is -5.03. The lowest BCUT2D eigenvalue weighted by atomic mass is 9.93. The summed E-state index contributed by atoms with van der Waals surface area (Å²) in [5, 5.41) is 3.41. The second kappa shape index (κ2) is 16.8. The highest BCUT2D eigenvalue weighted by atomic mass is 35.5. The van der Waals surface area contributed by atoms with E-state index in [-0.39, 0.29) is 45.3 Å². The first-order valence-corrected chi connectivity index (χ1v) is 18.1. The van der Waals surface area contributed by atoms with Crippen LogP contribution in [0.25, 0.3) is 11.0 Å². The van der Waals surface area contributed by atoms with E-state index in [1.165, 1.54) is 55.5 Å². The highest BCUT2D eigenvalue weighted by molar-refractivity contribution is 6.42. The minimum Gasteiger partial charge on any atom is -0.497 e. The summed E-state index contributed by atoms with van der Waals surface area (Å²) in [5.74, 6) is -2.17. The zero-order chi connectivity index (χ0) is 38.6. The predicted octanol–water partition coefficient (Wildman–Crippen LogP) is 9.40. The van der Waals surface area contributed by atoms with E-state index in [0.717, 1.165) is 54.5 Å². The van der Waals surface area contributed by atoms with Gasteiger partial charge in [0.2, 0.25) is 5.95 Å².